The molecule has 1 aromatic carbocycles. The summed E-state index contributed by atoms with van der Waals surface area (Å²) < 4.78 is 5.85. The fourth-order valence-electron chi connectivity index (χ4n) is 3.64. The van der Waals surface area contributed by atoms with Crippen LogP contribution in [0.1, 0.15) is 74.5 Å². The lowest BCUT2D eigenvalue weighted by atomic mass is 9.77. The Morgan fingerprint density at radius 2 is 2.00 bits per heavy atom. The number of benzene rings is 1. The van der Waals surface area contributed by atoms with Crippen LogP contribution in [0.25, 0.3) is 0 Å². The lowest BCUT2D eigenvalue weighted by Gasteiger charge is -2.31. The molecule has 2 unspecified atom stereocenters. The summed E-state index contributed by atoms with van der Waals surface area (Å²) in [6, 6.07) is 9.10. The molecule has 2 aliphatic rings. The molecule has 0 aromatic heterocycles. The second-order valence-electron chi connectivity index (χ2n) is 6.54. The molecule has 2 atom stereocenters. The van der Waals surface area contributed by atoms with Gasteiger partial charge in [-0.15, -0.1) is 0 Å². The van der Waals surface area contributed by atoms with Gasteiger partial charge in [-0.1, -0.05) is 30.7 Å². The fraction of sp³-hybridized carbons (Fsp3) is 0.667. The summed E-state index contributed by atoms with van der Waals surface area (Å²) in [6.45, 7) is 0.935. The first-order valence-corrected chi connectivity index (χ1v) is 8.55. The van der Waals surface area contributed by atoms with E-state index in [1.54, 1.807) is 0 Å². The summed E-state index contributed by atoms with van der Waals surface area (Å²) >= 11 is 0. The molecule has 21 heavy (non-hydrogen) atoms. The number of hydrazine groups is 1. The molecule has 3 nitrogen and oxygen atoms in total. The molecule has 0 spiro atoms. The van der Waals surface area contributed by atoms with Crippen LogP contribution in [0.2, 0.25) is 0 Å². The zero-order valence-corrected chi connectivity index (χ0v) is 12.9. The van der Waals surface area contributed by atoms with Crippen molar-refractivity contribution in [2.24, 2.45) is 5.84 Å². The van der Waals surface area contributed by atoms with E-state index >= 15 is 0 Å². The van der Waals surface area contributed by atoms with Gasteiger partial charge in [-0.05, 0) is 62.0 Å². The monoisotopic (exact) mass is 288 g/mol. The van der Waals surface area contributed by atoms with Crippen LogP contribution in [0.4, 0.5) is 0 Å². The zero-order valence-electron chi connectivity index (χ0n) is 12.9. The Labute approximate surface area is 128 Å². The Balaban J connectivity index is 1.64. The van der Waals surface area contributed by atoms with Crippen LogP contribution < -0.4 is 11.3 Å². The Hall–Kier alpha value is -0.900. The minimum Gasteiger partial charge on any atom is -0.378 e. The smallest absolute Gasteiger partial charge is 0.0575 e. The van der Waals surface area contributed by atoms with E-state index in [9.17, 15) is 0 Å². The molecule has 0 bridgehead atoms. The van der Waals surface area contributed by atoms with Crippen LogP contribution in [-0.2, 0) is 4.74 Å². The van der Waals surface area contributed by atoms with Gasteiger partial charge in [-0.3, -0.25) is 11.3 Å². The Morgan fingerprint density at radius 3 is 2.67 bits per heavy atom. The molecule has 1 saturated heterocycles. The first-order valence-electron chi connectivity index (χ1n) is 8.55. The van der Waals surface area contributed by atoms with Crippen molar-refractivity contribution >= 4 is 0 Å². The number of hydrogen-bond acceptors (Lipinski definition) is 3. The Bertz CT molecular complexity index is 439. The number of rotatable bonds is 6. The van der Waals surface area contributed by atoms with E-state index in [1.165, 1.54) is 49.7 Å². The Morgan fingerprint density at radius 1 is 1.14 bits per heavy atom. The molecule has 3 rings (SSSR count). The molecular weight excluding hydrogens is 260 g/mol. The summed E-state index contributed by atoms with van der Waals surface area (Å²) in [6.07, 6.45) is 10.4. The fourth-order valence-corrected chi connectivity index (χ4v) is 3.64. The van der Waals surface area contributed by atoms with Crippen LogP contribution in [0.5, 0.6) is 0 Å². The summed E-state index contributed by atoms with van der Waals surface area (Å²) in [5.74, 6) is 6.61. The minimum absolute atomic E-state index is 0.257. The summed E-state index contributed by atoms with van der Waals surface area (Å²) in [7, 11) is 0. The van der Waals surface area contributed by atoms with Crippen molar-refractivity contribution in [1.82, 2.24) is 5.43 Å². The second kappa shape index (κ2) is 7.39. The van der Waals surface area contributed by atoms with Gasteiger partial charge < -0.3 is 4.74 Å². The third kappa shape index (κ3) is 3.65. The van der Waals surface area contributed by atoms with Gasteiger partial charge in [0.2, 0.25) is 0 Å². The summed E-state index contributed by atoms with van der Waals surface area (Å²) in [5, 5.41) is 0. The molecule has 2 fully saturated rings. The number of hydrogen-bond donors (Lipinski definition) is 2. The van der Waals surface area contributed by atoms with Crippen LogP contribution in [-0.4, -0.2) is 12.7 Å². The van der Waals surface area contributed by atoms with Crippen LogP contribution >= 0.6 is 0 Å². The van der Waals surface area contributed by atoms with Gasteiger partial charge in [0.05, 0.1) is 6.10 Å². The molecule has 3 heteroatoms. The molecule has 1 aromatic rings. The lowest BCUT2D eigenvalue weighted by molar-refractivity contribution is 0.00852. The van der Waals surface area contributed by atoms with E-state index in [2.05, 4.69) is 29.7 Å². The zero-order chi connectivity index (χ0) is 14.5. The predicted octanol–water partition coefficient (Wildman–Crippen LogP) is 3.81. The predicted molar refractivity (Wildman–Crippen MR) is 85.9 cm³/mol. The summed E-state index contributed by atoms with van der Waals surface area (Å²) in [4.78, 5) is 0. The number of ether oxygens (including phenoxy) is 1. The maximum absolute atomic E-state index is 5.86. The number of nitrogens with two attached hydrogens (primary N) is 1. The normalized spacial score (nSPS) is 24.5. The van der Waals surface area contributed by atoms with Gasteiger partial charge in [0.1, 0.15) is 0 Å². The molecule has 1 heterocycles. The van der Waals surface area contributed by atoms with E-state index in [0.717, 1.165) is 25.4 Å². The third-order valence-corrected chi connectivity index (χ3v) is 5.17. The topological polar surface area (TPSA) is 47.3 Å². The van der Waals surface area contributed by atoms with E-state index in [4.69, 9.17) is 10.6 Å². The lowest BCUT2D eigenvalue weighted by Crippen LogP contribution is -2.31. The molecular formula is C18H28N2O. The van der Waals surface area contributed by atoms with Crippen molar-refractivity contribution in [3.05, 3.63) is 35.4 Å². The molecule has 1 aliphatic carbocycles. The molecule has 1 saturated carbocycles. The van der Waals surface area contributed by atoms with E-state index in [1.807, 2.05) is 0 Å². The first-order chi connectivity index (χ1) is 10.4. The maximum atomic E-state index is 5.86. The second-order valence-corrected chi connectivity index (χ2v) is 6.54. The average Bonchev–Trinajstić information content (AvgIpc) is 2.49. The largest absolute Gasteiger partial charge is 0.378 e. The molecule has 3 N–H and O–H groups in total. The van der Waals surface area contributed by atoms with E-state index < -0.39 is 0 Å². The standard InChI is InChI=1S/C18H28N2O/c19-20-18(12-11-15-8-3-4-13-21-15)17-10-2-1-9-16(17)14-6-5-7-14/h1-2,9-10,14-15,18,20H,3-8,11-13,19H2. The molecule has 0 radical (unpaired) electrons. The molecule has 0 amide bonds. The van der Waals surface area contributed by atoms with Gasteiger partial charge in [-0.25, -0.2) is 0 Å². The van der Waals surface area contributed by atoms with Crippen molar-refractivity contribution < 1.29 is 4.74 Å². The third-order valence-electron chi connectivity index (χ3n) is 5.17. The molecule has 116 valence electrons. The van der Waals surface area contributed by atoms with Crippen molar-refractivity contribution in [2.45, 2.75) is 69.4 Å². The van der Waals surface area contributed by atoms with Crippen LogP contribution in [0.3, 0.4) is 0 Å². The van der Waals surface area contributed by atoms with Gasteiger partial charge in [0, 0.05) is 12.6 Å². The van der Waals surface area contributed by atoms with Crippen molar-refractivity contribution in [2.75, 3.05) is 6.61 Å². The number of nitrogens with one attached hydrogen (secondary N) is 1. The highest BCUT2D eigenvalue weighted by Crippen LogP contribution is 2.40. The average molecular weight is 288 g/mol. The van der Waals surface area contributed by atoms with Crippen LogP contribution in [0, 0.1) is 0 Å². The highest BCUT2D eigenvalue weighted by atomic mass is 16.5. The van der Waals surface area contributed by atoms with Gasteiger partial charge in [-0.2, -0.15) is 0 Å². The summed E-state index contributed by atoms with van der Waals surface area (Å²) in [5.41, 5.74) is 5.96. The highest BCUT2D eigenvalue weighted by molar-refractivity contribution is 5.34. The van der Waals surface area contributed by atoms with Crippen molar-refractivity contribution in [1.29, 1.82) is 0 Å². The van der Waals surface area contributed by atoms with Crippen molar-refractivity contribution in [3.63, 3.8) is 0 Å². The quantitative estimate of drug-likeness (QED) is 0.618. The van der Waals surface area contributed by atoms with Crippen LogP contribution in [0.15, 0.2) is 24.3 Å². The Kier molecular flexibility index (Phi) is 5.28. The van der Waals surface area contributed by atoms with E-state index in [-0.39, 0.29) is 6.04 Å². The minimum atomic E-state index is 0.257. The maximum Gasteiger partial charge on any atom is 0.0575 e. The highest BCUT2D eigenvalue weighted by Gasteiger charge is 2.25. The van der Waals surface area contributed by atoms with Gasteiger partial charge in [0.25, 0.3) is 0 Å². The van der Waals surface area contributed by atoms with Crippen molar-refractivity contribution in [3.8, 4) is 0 Å². The van der Waals surface area contributed by atoms with E-state index in [0.29, 0.717) is 6.10 Å². The van der Waals surface area contributed by atoms with Gasteiger partial charge >= 0.3 is 0 Å². The SMILES string of the molecule is NNC(CCC1CCCCO1)c1ccccc1C1CCC1. The van der Waals surface area contributed by atoms with Gasteiger partial charge in [0.15, 0.2) is 0 Å². The first kappa shape index (κ1) is 15.0. The molecule has 1 aliphatic heterocycles.